The highest BCUT2D eigenvalue weighted by Crippen LogP contribution is 2.28. The molecule has 3 rings (SSSR count). The number of carbonyl (C=O) groups excluding carboxylic acids is 1. The summed E-state index contributed by atoms with van der Waals surface area (Å²) in [5.74, 6) is 1.57. The Morgan fingerprint density at radius 3 is 2.52 bits per heavy atom. The Balaban J connectivity index is 1.45. The number of carbonyl (C=O) groups is 1. The second-order valence-electron chi connectivity index (χ2n) is 6.20. The molecule has 1 N–H and O–H groups in total. The van der Waals surface area contributed by atoms with Gasteiger partial charge in [0.25, 0.3) is 5.91 Å². The molecule has 2 aromatic rings. The number of aryl methyl sites for hydroxylation is 2. The second-order valence-corrected chi connectivity index (χ2v) is 8.12. The van der Waals surface area contributed by atoms with Gasteiger partial charge in [-0.1, -0.05) is 35.3 Å². The molecule has 132 valence electrons. The minimum absolute atomic E-state index is 0.00440. The average molecular weight is 394 g/mol. The van der Waals surface area contributed by atoms with Crippen molar-refractivity contribution in [2.75, 3.05) is 12.3 Å². The lowest BCUT2D eigenvalue weighted by Crippen LogP contribution is -2.26. The molecule has 25 heavy (non-hydrogen) atoms. The summed E-state index contributed by atoms with van der Waals surface area (Å²) in [6.45, 7) is 0.628. The monoisotopic (exact) mass is 393 g/mol. The molecule has 0 atom stereocenters. The number of thioether (sulfide) groups is 1. The van der Waals surface area contributed by atoms with Crippen molar-refractivity contribution in [2.45, 2.75) is 31.4 Å². The van der Waals surface area contributed by atoms with Crippen LogP contribution in [0.4, 0.5) is 0 Å². The van der Waals surface area contributed by atoms with E-state index in [1.807, 2.05) is 24.3 Å². The molecule has 0 heterocycles. The van der Waals surface area contributed by atoms with E-state index in [0.29, 0.717) is 16.6 Å². The van der Waals surface area contributed by atoms with Crippen molar-refractivity contribution >= 4 is 40.9 Å². The highest BCUT2D eigenvalue weighted by Gasteiger charge is 2.12. The Morgan fingerprint density at radius 2 is 1.76 bits per heavy atom. The summed E-state index contributed by atoms with van der Waals surface area (Å²) in [6.07, 6.45) is 4.70. The third-order valence-electron chi connectivity index (χ3n) is 4.45. The molecule has 0 unspecified atom stereocenters. The highest BCUT2D eigenvalue weighted by atomic mass is 35.5. The van der Waals surface area contributed by atoms with Crippen LogP contribution in [-0.4, -0.2) is 18.2 Å². The van der Waals surface area contributed by atoms with Gasteiger partial charge in [-0.15, -0.1) is 0 Å². The van der Waals surface area contributed by atoms with Crippen LogP contribution in [0.15, 0.2) is 36.4 Å². The molecule has 0 aromatic heterocycles. The number of amides is 1. The van der Waals surface area contributed by atoms with E-state index in [0.717, 1.165) is 35.5 Å². The third-order valence-corrected chi connectivity index (χ3v) is 6.14. The van der Waals surface area contributed by atoms with E-state index in [1.54, 1.807) is 11.8 Å². The summed E-state index contributed by atoms with van der Waals surface area (Å²) < 4.78 is 0. The predicted molar refractivity (Wildman–Crippen MR) is 108 cm³/mol. The first-order valence-electron chi connectivity index (χ1n) is 8.56. The molecule has 0 saturated heterocycles. The fourth-order valence-electron chi connectivity index (χ4n) is 3.06. The first-order chi connectivity index (χ1) is 12.1. The normalized spacial score (nSPS) is 13.4. The Kier molecular flexibility index (Phi) is 6.69. The number of rotatable bonds is 6. The van der Waals surface area contributed by atoms with Gasteiger partial charge in [-0.3, -0.25) is 4.79 Å². The van der Waals surface area contributed by atoms with Crippen molar-refractivity contribution in [1.82, 2.24) is 5.32 Å². The van der Waals surface area contributed by atoms with Gasteiger partial charge >= 0.3 is 0 Å². The van der Waals surface area contributed by atoms with Crippen LogP contribution in [-0.2, 0) is 18.6 Å². The molecule has 0 fully saturated rings. The van der Waals surface area contributed by atoms with Crippen molar-refractivity contribution in [1.29, 1.82) is 0 Å². The molecule has 0 saturated carbocycles. The van der Waals surface area contributed by atoms with Crippen molar-refractivity contribution in [2.24, 2.45) is 0 Å². The minimum Gasteiger partial charge on any atom is -0.351 e. The van der Waals surface area contributed by atoms with Gasteiger partial charge in [-0.05, 0) is 66.6 Å². The van der Waals surface area contributed by atoms with Gasteiger partial charge < -0.3 is 5.32 Å². The van der Waals surface area contributed by atoms with E-state index in [-0.39, 0.29) is 5.91 Å². The Bertz CT molecular complexity index is 743. The molecule has 2 aromatic carbocycles. The van der Waals surface area contributed by atoms with Gasteiger partial charge in [0.2, 0.25) is 0 Å². The maximum Gasteiger partial charge on any atom is 0.251 e. The average Bonchev–Trinajstić information content (AvgIpc) is 2.63. The maximum atomic E-state index is 12.3. The summed E-state index contributed by atoms with van der Waals surface area (Å²) in [6, 6.07) is 11.6. The van der Waals surface area contributed by atoms with Gasteiger partial charge in [0.05, 0.1) is 0 Å². The van der Waals surface area contributed by atoms with E-state index in [1.165, 1.54) is 24.0 Å². The zero-order chi connectivity index (χ0) is 17.6. The van der Waals surface area contributed by atoms with Crippen LogP contribution >= 0.6 is 35.0 Å². The lowest BCUT2D eigenvalue weighted by Gasteiger charge is -2.16. The molecular formula is C20H21Cl2NOS. The summed E-state index contributed by atoms with van der Waals surface area (Å²) in [4.78, 5) is 12.3. The number of hydrogen-bond acceptors (Lipinski definition) is 2. The molecule has 1 aliphatic carbocycles. The topological polar surface area (TPSA) is 29.1 Å². The number of fused-ring (bicyclic) bond motifs is 1. The number of benzene rings is 2. The predicted octanol–water partition coefficient (Wildman–Crippen LogP) is 5.54. The number of nitrogens with one attached hydrogen (secondary N) is 1. The quantitative estimate of drug-likeness (QED) is 0.653. The van der Waals surface area contributed by atoms with Crippen LogP contribution < -0.4 is 5.32 Å². The van der Waals surface area contributed by atoms with Crippen molar-refractivity contribution < 1.29 is 4.79 Å². The van der Waals surface area contributed by atoms with Crippen molar-refractivity contribution in [3.8, 4) is 0 Å². The lowest BCUT2D eigenvalue weighted by atomic mass is 9.90. The van der Waals surface area contributed by atoms with Crippen LogP contribution in [0.1, 0.15) is 39.9 Å². The summed E-state index contributed by atoms with van der Waals surface area (Å²) >= 11 is 14.0. The molecule has 0 spiro atoms. The minimum atomic E-state index is 0.00440. The second kappa shape index (κ2) is 8.98. The Morgan fingerprint density at radius 1 is 1.04 bits per heavy atom. The summed E-state index contributed by atoms with van der Waals surface area (Å²) in [7, 11) is 0. The Hall–Kier alpha value is -1.16. The summed E-state index contributed by atoms with van der Waals surface area (Å²) in [5.41, 5.74) is 4.45. The Labute approximate surface area is 163 Å². The molecule has 2 nitrogen and oxygen atoms in total. The summed E-state index contributed by atoms with van der Waals surface area (Å²) in [5, 5.41) is 4.38. The smallest absolute Gasteiger partial charge is 0.251 e. The van der Waals surface area contributed by atoms with Crippen molar-refractivity contribution in [3.63, 3.8) is 0 Å². The molecule has 0 aliphatic heterocycles. The van der Waals surface area contributed by atoms with Crippen molar-refractivity contribution in [3.05, 3.63) is 68.7 Å². The van der Waals surface area contributed by atoms with Gasteiger partial charge in [0.1, 0.15) is 0 Å². The highest BCUT2D eigenvalue weighted by molar-refractivity contribution is 7.98. The molecule has 5 heteroatoms. The van der Waals surface area contributed by atoms with Crippen LogP contribution in [0.3, 0.4) is 0 Å². The molecule has 1 aliphatic rings. The van der Waals surface area contributed by atoms with Gasteiger partial charge in [-0.25, -0.2) is 0 Å². The lowest BCUT2D eigenvalue weighted by molar-refractivity contribution is 0.0956. The molecule has 0 bridgehead atoms. The fourth-order valence-corrected chi connectivity index (χ4v) is 4.65. The van der Waals surface area contributed by atoms with E-state index >= 15 is 0 Å². The first-order valence-corrected chi connectivity index (χ1v) is 10.5. The largest absolute Gasteiger partial charge is 0.351 e. The van der Waals surface area contributed by atoms with Gasteiger partial charge in [-0.2, -0.15) is 11.8 Å². The van der Waals surface area contributed by atoms with E-state index in [2.05, 4.69) is 17.4 Å². The SMILES string of the molecule is O=C(NCCSCc1c(Cl)cccc1Cl)c1ccc2c(c1)CCCC2. The van der Waals surface area contributed by atoms with Crippen LogP contribution in [0.5, 0.6) is 0 Å². The zero-order valence-corrected chi connectivity index (χ0v) is 16.3. The zero-order valence-electron chi connectivity index (χ0n) is 14.0. The standard InChI is InChI=1S/C20H21Cl2NOS/c21-18-6-3-7-19(22)17(18)13-25-11-10-23-20(24)16-9-8-14-4-1-2-5-15(14)12-16/h3,6-9,12H,1-2,4-5,10-11,13H2,(H,23,24). The van der Waals surface area contributed by atoms with Crippen LogP contribution in [0.25, 0.3) is 0 Å². The fraction of sp³-hybridized carbons (Fsp3) is 0.350. The molecule has 1 amide bonds. The van der Waals surface area contributed by atoms with E-state index in [4.69, 9.17) is 23.2 Å². The molecular weight excluding hydrogens is 373 g/mol. The number of halogens is 2. The first kappa shape index (κ1) is 18.6. The number of hydrogen-bond donors (Lipinski definition) is 1. The maximum absolute atomic E-state index is 12.3. The third kappa shape index (κ3) is 4.93. The molecule has 0 radical (unpaired) electrons. The van der Waals surface area contributed by atoms with Gasteiger partial charge in [0.15, 0.2) is 0 Å². The van der Waals surface area contributed by atoms with E-state index in [9.17, 15) is 4.79 Å². The van der Waals surface area contributed by atoms with Crippen LogP contribution in [0, 0.1) is 0 Å². The van der Waals surface area contributed by atoms with Gasteiger partial charge in [0, 0.05) is 33.7 Å². The van der Waals surface area contributed by atoms with E-state index < -0.39 is 0 Å². The van der Waals surface area contributed by atoms with Crippen LogP contribution in [0.2, 0.25) is 10.0 Å².